The summed E-state index contributed by atoms with van der Waals surface area (Å²) < 4.78 is 25.0. The van der Waals surface area contributed by atoms with Gasteiger partial charge >= 0.3 is 0 Å². The van der Waals surface area contributed by atoms with E-state index in [2.05, 4.69) is 4.98 Å². The minimum atomic E-state index is -3.08. The summed E-state index contributed by atoms with van der Waals surface area (Å²) >= 11 is 1.20. The zero-order valence-electron chi connectivity index (χ0n) is 14.5. The second-order valence-electron chi connectivity index (χ2n) is 6.45. The first-order chi connectivity index (χ1) is 11.7. The average molecular weight is 383 g/mol. The van der Waals surface area contributed by atoms with Crippen LogP contribution in [0.25, 0.3) is 10.2 Å². The van der Waals surface area contributed by atoms with E-state index in [1.165, 1.54) is 22.2 Å². The number of hydrogen-bond donors (Lipinski definition) is 0. The minimum absolute atomic E-state index is 0.0166. The van der Waals surface area contributed by atoms with Gasteiger partial charge < -0.3 is 9.47 Å². The number of aromatic nitrogens is 2. The van der Waals surface area contributed by atoms with Gasteiger partial charge in [0.1, 0.15) is 4.83 Å². The summed E-state index contributed by atoms with van der Waals surface area (Å²) in [5.41, 5.74) is 0.448. The lowest BCUT2D eigenvalue weighted by molar-refractivity contribution is 0.0701. The summed E-state index contributed by atoms with van der Waals surface area (Å²) in [5.74, 6) is -0.0621. The fourth-order valence-corrected chi connectivity index (χ4v) is 6.08. The third-order valence-corrected chi connectivity index (χ3v) is 7.52. The largest absolute Gasteiger partial charge is 0.334 e. The molecular weight excluding hydrogens is 362 g/mol. The van der Waals surface area contributed by atoms with Gasteiger partial charge in [0.15, 0.2) is 9.84 Å². The Kier molecular flexibility index (Phi) is 4.72. The quantitative estimate of drug-likeness (QED) is 0.795. The van der Waals surface area contributed by atoms with E-state index in [0.29, 0.717) is 33.6 Å². The lowest BCUT2D eigenvalue weighted by atomic mass is 10.1. The first-order valence-electron chi connectivity index (χ1n) is 8.21. The molecule has 0 N–H and O–H groups in total. The molecule has 2 aromatic rings. The number of sulfone groups is 1. The molecule has 0 bridgehead atoms. The molecule has 136 valence electrons. The zero-order chi connectivity index (χ0) is 18.4. The number of carbonyl (C=O) groups is 1. The Bertz CT molecular complexity index is 991. The van der Waals surface area contributed by atoms with E-state index in [1.807, 2.05) is 6.92 Å². The van der Waals surface area contributed by atoms with E-state index in [4.69, 9.17) is 0 Å². The fourth-order valence-electron chi connectivity index (χ4n) is 3.26. The lowest BCUT2D eigenvalue weighted by Gasteiger charge is -2.27. The van der Waals surface area contributed by atoms with Crippen molar-refractivity contribution in [3.63, 3.8) is 0 Å². The van der Waals surface area contributed by atoms with Crippen molar-refractivity contribution in [3.05, 3.63) is 27.1 Å². The molecule has 1 atom stereocenters. The molecule has 7 nitrogen and oxygen atoms in total. The number of rotatable bonds is 4. The Hall–Kier alpha value is -1.74. The van der Waals surface area contributed by atoms with Crippen LogP contribution in [0.15, 0.2) is 11.1 Å². The van der Waals surface area contributed by atoms with E-state index in [-0.39, 0.29) is 29.0 Å². The molecule has 9 heteroatoms. The smallest absolute Gasteiger partial charge is 0.264 e. The van der Waals surface area contributed by atoms with Gasteiger partial charge in [-0.3, -0.25) is 9.59 Å². The fraction of sp³-hybridized carbons (Fsp3) is 0.562. The van der Waals surface area contributed by atoms with Crippen LogP contribution in [0.4, 0.5) is 0 Å². The highest BCUT2D eigenvalue weighted by atomic mass is 32.2. The zero-order valence-corrected chi connectivity index (χ0v) is 16.1. The molecule has 1 unspecified atom stereocenters. The topological polar surface area (TPSA) is 89.3 Å². The molecule has 0 aromatic carbocycles. The molecular formula is C16H21N3O4S2. The number of aryl methyl sites for hydroxylation is 2. The van der Waals surface area contributed by atoms with Crippen molar-refractivity contribution in [3.8, 4) is 0 Å². The Morgan fingerprint density at radius 1 is 1.48 bits per heavy atom. The Balaban J connectivity index is 2.03. The summed E-state index contributed by atoms with van der Waals surface area (Å²) in [7, 11) is -1.45. The van der Waals surface area contributed by atoms with Crippen molar-refractivity contribution < 1.29 is 13.2 Å². The van der Waals surface area contributed by atoms with Gasteiger partial charge in [-0.1, -0.05) is 6.92 Å². The van der Waals surface area contributed by atoms with Crippen LogP contribution in [-0.4, -0.2) is 52.9 Å². The van der Waals surface area contributed by atoms with Crippen LogP contribution in [0.5, 0.6) is 0 Å². The maximum absolute atomic E-state index is 13.1. The van der Waals surface area contributed by atoms with Gasteiger partial charge in [-0.2, -0.15) is 0 Å². The first kappa shape index (κ1) is 18.1. The van der Waals surface area contributed by atoms with Crippen LogP contribution in [0, 0.1) is 6.92 Å². The van der Waals surface area contributed by atoms with E-state index >= 15 is 0 Å². The maximum atomic E-state index is 13.1. The first-order valence-corrected chi connectivity index (χ1v) is 10.8. The SMILES string of the molecule is CCCN(C(=O)c1sc2ncn(C)c(=O)c2c1C)C1CCS(=O)(=O)C1. The van der Waals surface area contributed by atoms with E-state index in [1.54, 1.807) is 18.9 Å². The van der Waals surface area contributed by atoms with Gasteiger partial charge in [-0.15, -0.1) is 11.3 Å². The van der Waals surface area contributed by atoms with Gasteiger partial charge in [0.2, 0.25) is 0 Å². The second kappa shape index (κ2) is 6.53. The van der Waals surface area contributed by atoms with E-state index < -0.39 is 9.84 Å². The molecule has 2 aromatic heterocycles. The van der Waals surface area contributed by atoms with Crippen LogP contribution in [0.3, 0.4) is 0 Å². The minimum Gasteiger partial charge on any atom is -0.334 e. The monoisotopic (exact) mass is 383 g/mol. The molecule has 1 fully saturated rings. The van der Waals surface area contributed by atoms with E-state index in [9.17, 15) is 18.0 Å². The summed E-state index contributed by atoms with van der Waals surface area (Å²) in [6.07, 6.45) is 2.66. The molecule has 0 radical (unpaired) electrons. The summed E-state index contributed by atoms with van der Waals surface area (Å²) in [6, 6.07) is -0.294. The predicted octanol–water partition coefficient (Wildman–Crippen LogP) is 1.34. The normalized spacial score (nSPS) is 19.4. The number of fused-ring (bicyclic) bond motifs is 1. The van der Waals surface area contributed by atoms with Crippen LogP contribution < -0.4 is 5.56 Å². The maximum Gasteiger partial charge on any atom is 0.264 e. The Morgan fingerprint density at radius 2 is 2.20 bits per heavy atom. The van der Waals surface area contributed by atoms with Gasteiger partial charge in [0.25, 0.3) is 11.5 Å². The number of hydrogen-bond acceptors (Lipinski definition) is 6. The molecule has 3 heterocycles. The molecule has 1 saturated heterocycles. The highest BCUT2D eigenvalue weighted by Crippen LogP contribution is 2.30. The van der Waals surface area contributed by atoms with Crippen LogP contribution in [-0.2, 0) is 16.9 Å². The van der Waals surface area contributed by atoms with Crippen molar-refractivity contribution >= 4 is 37.3 Å². The second-order valence-corrected chi connectivity index (χ2v) is 9.68. The number of carbonyl (C=O) groups excluding carboxylic acids is 1. The van der Waals surface area contributed by atoms with Crippen molar-refractivity contribution in [2.45, 2.75) is 32.7 Å². The lowest BCUT2D eigenvalue weighted by Crippen LogP contribution is -2.41. The highest BCUT2D eigenvalue weighted by Gasteiger charge is 2.35. The van der Waals surface area contributed by atoms with Crippen molar-refractivity contribution in [1.82, 2.24) is 14.5 Å². The van der Waals surface area contributed by atoms with Gasteiger partial charge in [0, 0.05) is 19.6 Å². The number of thiophene rings is 1. The molecule has 1 aliphatic rings. The third-order valence-electron chi connectivity index (χ3n) is 4.58. The summed E-state index contributed by atoms with van der Waals surface area (Å²) in [4.78, 5) is 32.4. The van der Waals surface area contributed by atoms with Crippen molar-refractivity contribution in [1.29, 1.82) is 0 Å². The molecule has 3 rings (SSSR count). The Labute approximate surface area is 150 Å². The highest BCUT2D eigenvalue weighted by molar-refractivity contribution is 7.91. The predicted molar refractivity (Wildman–Crippen MR) is 98.0 cm³/mol. The number of nitrogens with zero attached hydrogens (tertiary/aromatic N) is 3. The van der Waals surface area contributed by atoms with Crippen LogP contribution in [0.2, 0.25) is 0 Å². The van der Waals surface area contributed by atoms with Gasteiger partial charge in [-0.05, 0) is 25.3 Å². The molecule has 0 aliphatic carbocycles. The molecule has 1 amide bonds. The Morgan fingerprint density at radius 3 is 2.80 bits per heavy atom. The standard InChI is InChI=1S/C16H21N3O4S2/c1-4-6-19(11-5-7-25(22,23)8-11)16(21)13-10(2)12-14(24-13)17-9-18(3)15(12)20/h9,11H,4-8H2,1-3H3. The summed E-state index contributed by atoms with van der Waals surface area (Å²) in [6.45, 7) is 4.21. The van der Waals surface area contributed by atoms with Crippen molar-refractivity contribution in [2.75, 3.05) is 18.1 Å². The van der Waals surface area contributed by atoms with Gasteiger partial charge in [-0.25, -0.2) is 13.4 Å². The third kappa shape index (κ3) is 3.22. The summed E-state index contributed by atoms with van der Waals surface area (Å²) in [5, 5.41) is 0.467. The molecule has 1 aliphatic heterocycles. The number of amides is 1. The van der Waals surface area contributed by atoms with Crippen LogP contribution >= 0.6 is 11.3 Å². The van der Waals surface area contributed by atoms with Crippen molar-refractivity contribution in [2.24, 2.45) is 7.05 Å². The average Bonchev–Trinajstić information content (AvgIpc) is 3.08. The van der Waals surface area contributed by atoms with Gasteiger partial charge in [0.05, 0.1) is 28.1 Å². The molecule has 0 saturated carbocycles. The molecule has 0 spiro atoms. The van der Waals surface area contributed by atoms with E-state index in [0.717, 1.165) is 6.42 Å². The molecule has 25 heavy (non-hydrogen) atoms. The van der Waals surface area contributed by atoms with Crippen LogP contribution in [0.1, 0.15) is 35.0 Å².